The first-order valence-corrected chi connectivity index (χ1v) is 10.4. The van der Waals surface area contributed by atoms with Gasteiger partial charge in [-0.05, 0) is 54.5 Å². The van der Waals surface area contributed by atoms with E-state index in [1.165, 1.54) is 42.5 Å². The summed E-state index contributed by atoms with van der Waals surface area (Å²) in [5.74, 6) is -1.83. The number of amides is 2. The van der Waals surface area contributed by atoms with E-state index in [-0.39, 0.29) is 42.1 Å². The van der Waals surface area contributed by atoms with Crippen molar-refractivity contribution in [1.29, 1.82) is 0 Å². The number of hydrogen-bond acceptors (Lipinski definition) is 5. The standard InChI is InChI=1S/C23H22F6N2O5/c24-22(25,26)10-13-35-17-8-4-16(5-9-17)20(33)31-19(21(34)30-11-1-12-32)14-15-2-6-18(7-3-15)36-23(27,28)29/h2-9,14,32H,1,10-13H2,(H,30,34)(H,31,33). The average molecular weight is 520 g/mol. The van der Waals surface area contributed by atoms with Crippen LogP contribution in [0.3, 0.4) is 0 Å². The number of carbonyl (C=O) groups is 2. The first-order chi connectivity index (χ1) is 16.9. The highest BCUT2D eigenvalue weighted by Crippen LogP contribution is 2.23. The Morgan fingerprint density at radius 3 is 2.08 bits per heavy atom. The minimum atomic E-state index is -4.87. The number of benzene rings is 2. The number of rotatable bonds is 11. The van der Waals surface area contributed by atoms with Gasteiger partial charge >= 0.3 is 12.5 Å². The zero-order chi connectivity index (χ0) is 26.8. The Bertz CT molecular complexity index is 1030. The number of hydrogen-bond donors (Lipinski definition) is 3. The van der Waals surface area contributed by atoms with Gasteiger partial charge in [0.1, 0.15) is 17.2 Å². The number of ether oxygens (including phenoxy) is 2. The predicted molar refractivity (Wildman–Crippen MR) is 116 cm³/mol. The molecule has 0 aliphatic heterocycles. The van der Waals surface area contributed by atoms with Crippen molar-refractivity contribution in [2.24, 2.45) is 0 Å². The smallest absolute Gasteiger partial charge is 0.493 e. The van der Waals surface area contributed by atoms with Gasteiger partial charge in [0.25, 0.3) is 11.8 Å². The molecule has 36 heavy (non-hydrogen) atoms. The second-order valence-corrected chi connectivity index (χ2v) is 7.20. The third-order valence-electron chi connectivity index (χ3n) is 4.31. The minimum absolute atomic E-state index is 0.0566. The van der Waals surface area contributed by atoms with Gasteiger partial charge < -0.3 is 25.2 Å². The Labute approximate surface area is 201 Å². The third-order valence-corrected chi connectivity index (χ3v) is 4.31. The van der Waals surface area contributed by atoms with Crippen LogP contribution in [0.4, 0.5) is 26.3 Å². The van der Waals surface area contributed by atoms with Gasteiger partial charge in [0, 0.05) is 18.7 Å². The van der Waals surface area contributed by atoms with Crippen LogP contribution in [0.1, 0.15) is 28.8 Å². The van der Waals surface area contributed by atoms with Crippen LogP contribution in [0.25, 0.3) is 6.08 Å². The summed E-state index contributed by atoms with van der Waals surface area (Å²) in [4.78, 5) is 25.2. The molecule has 0 saturated heterocycles. The van der Waals surface area contributed by atoms with Gasteiger partial charge in [0.05, 0.1) is 13.0 Å². The molecule has 196 valence electrons. The first-order valence-electron chi connectivity index (χ1n) is 10.4. The minimum Gasteiger partial charge on any atom is -0.493 e. The highest BCUT2D eigenvalue weighted by atomic mass is 19.4. The molecule has 2 aromatic rings. The van der Waals surface area contributed by atoms with Gasteiger partial charge in [0.15, 0.2) is 0 Å². The van der Waals surface area contributed by atoms with Gasteiger partial charge in [-0.1, -0.05) is 12.1 Å². The SMILES string of the molecule is O=C(NCCCO)C(=Cc1ccc(OC(F)(F)F)cc1)NC(=O)c1ccc(OCCC(F)(F)F)cc1. The van der Waals surface area contributed by atoms with Crippen LogP contribution in [0.2, 0.25) is 0 Å². The molecular weight excluding hydrogens is 498 g/mol. The lowest BCUT2D eigenvalue weighted by atomic mass is 10.1. The molecule has 0 spiro atoms. The average Bonchev–Trinajstić information content (AvgIpc) is 2.78. The molecule has 0 fully saturated rings. The van der Waals surface area contributed by atoms with Crippen molar-refractivity contribution in [3.63, 3.8) is 0 Å². The molecule has 2 aromatic carbocycles. The summed E-state index contributed by atoms with van der Waals surface area (Å²) in [6.45, 7) is -0.697. The molecule has 13 heteroatoms. The van der Waals surface area contributed by atoms with Crippen molar-refractivity contribution in [3.05, 3.63) is 65.4 Å². The molecule has 0 heterocycles. The summed E-state index contributed by atoms with van der Waals surface area (Å²) < 4.78 is 82.4. The summed E-state index contributed by atoms with van der Waals surface area (Å²) in [7, 11) is 0. The van der Waals surface area contributed by atoms with E-state index in [1.807, 2.05) is 0 Å². The fourth-order valence-corrected chi connectivity index (χ4v) is 2.65. The van der Waals surface area contributed by atoms with Crippen LogP contribution in [0.5, 0.6) is 11.5 Å². The van der Waals surface area contributed by atoms with E-state index >= 15 is 0 Å². The molecule has 2 amide bonds. The Hall–Kier alpha value is -3.74. The van der Waals surface area contributed by atoms with E-state index in [9.17, 15) is 35.9 Å². The van der Waals surface area contributed by atoms with E-state index in [0.717, 1.165) is 12.1 Å². The predicted octanol–water partition coefficient (Wildman–Crippen LogP) is 4.19. The highest BCUT2D eigenvalue weighted by Gasteiger charge is 2.31. The van der Waals surface area contributed by atoms with Crippen molar-refractivity contribution in [2.75, 3.05) is 19.8 Å². The van der Waals surface area contributed by atoms with Crippen LogP contribution in [0, 0.1) is 0 Å². The van der Waals surface area contributed by atoms with Crippen molar-refractivity contribution < 1.29 is 50.5 Å². The molecule has 0 aliphatic rings. The second kappa shape index (κ2) is 12.8. The fraction of sp³-hybridized carbons (Fsp3) is 0.304. The Morgan fingerprint density at radius 1 is 0.917 bits per heavy atom. The zero-order valence-electron chi connectivity index (χ0n) is 18.6. The van der Waals surface area contributed by atoms with Gasteiger partial charge in [0.2, 0.25) is 0 Å². The first kappa shape index (κ1) is 28.5. The van der Waals surface area contributed by atoms with E-state index in [1.54, 1.807) is 0 Å². The molecule has 0 aliphatic carbocycles. The van der Waals surface area contributed by atoms with Gasteiger partial charge in [-0.3, -0.25) is 9.59 Å². The maximum Gasteiger partial charge on any atom is 0.573 e. The quantitative estimate of drug-likeness (QED) is 0.235. The maximum atomic E-state index is 12.6. The number of alkyl halides is 6. The topological polar surface area (TPSA) is 96.9 Å². The lowest BCUT2D eigenvalue weighted by Gasteiger charge is -2.12. The van der Waals surface area contributed by atoms with E-state index < -0.39 is 43.1 Å². The summed E-state index contributed by atoms with van der Waals surface area (Å²) >= 11 is 0. The summed E-state index contributed by atoms with van der Waals surface area (Å²) in [6, 6.07) is 9.67. The number of halogens is 6. The number of aliphatic hydroxyl groups excluding tert-OH is 1. The van der Waals surface area contributed by atoms with E-state index in [4.69, 9.17) is 9.84 Å². The number of aliphatic hydroxyl groups is 1. The lowest BCUT2D eigenvalue weighted by molar-refractivity contribution is -0.274. The normalized spacial score (nSPS) is 12.1. The molecule has 0 radical (unpaired) electrons. The number of carbonyl (C=O) groups excluding carboxylic acids is 2. The summed E-state index contributed by atoms with van der Waals surface area (Å²) in [5, 5.41) is 13.7. The molecule has 0 unspecified atom stereocenters. The zero-order valence-corrected chi connectivity index (χ0v) is 18.6. The highest BCUT2D eigenvalue weighted by molar-refractivity contribution is 6.05. The molecule has 2 rings (SSSR count). The van der Waals surface area contributed by atoms with Gasteiger partial charge in [-0.25, -0.2) is 0 Å². The van der Waals surface area contributed by atoms with Gasteiger partial charge in [-0.15, -0.1) is 13.2 Å². The van der Waals surface area contributed by atoms with Crippen molar-refractivity contribution in [3.8, 4) is 11.5 Å². The van der Waals surface area contributed by atoms with Crippen molar-refractivity contribution in [2.45, 2.75) is 25.4 Å². The van der Waals surface area contributed by atoms with Crippen molar-refractivity contribution in [1.82, 2.24) is 10.6 Å². The summed E-state index contributed by atoms with van der Waals surface area (Å²) in [5.41, 5.74) is 0.0830. The molecular formula is C23H22F6N2O5. The van der Waals surface area contributed by atoms with E-state index in [0.29, 0.717) is 0 Å². The molecule has 0 atom stereocenters. The largest absolute Gasteiger partial charge is 0.573 e. The maximum absolute atomic E-state index is 12.6. The second-order valence-electron chi connectivity index (χ2n) is 7.20. The molecule has 0 bridgehead atoms. The molecule has 3 N–H and O–H groups in total. The van der Waals surface area contributed by atoms with Crippen molar-refractivity contribution >= 4 is 17.9 Å². The van der Waals surface area contributed by atoms with Crippen LogP contribution in [0.15, 0.2) is 54.2 Å². The molecule has 0 aromatic heterocycles. The van der Waals surface area contributed by atoms with Crippen LogP contribution in [-0.4, -0.2) is 49.2 Å². The van der Waals surface area contributed by atoms with E-state index in [2.05, 4.69) is 15.4 Å². The summed E-state index contributed by atoms with van der Waals surface area (Å²) in [6.07, 6.45) is -8.92. The fourth-order valence-electron chi connectivity index (χ4n) is 2.65. The monoisotopic (exact) mass is 520 g/mol. The lowest BCUT2D eigenvalue weighted by Crippen LogP contribution is -2.35. The van der Waals surface area contributed by atoms with Crippen LogP contribution in [-0.2, 0) is 4.79 Å². The van der Waals surface area contributed by atoms with Crippen LogP contribution >= 0.6 is 0 Å². The molecule has 0 saturated carbocycles. The molecule has 7 nitrogen and oxygen atoms in total. The Balaban J connectivity index is 2.14. The van der Waals surface area contributed by atoms with Gasteiger partial charge in [-0.2, -0.15) is 13.2 Å². The Morgan fingerprint density at radius 2 is 1.53 bits per heavy atom. The van der Waals surface area contributed by atoms with Crippen LogP contribution < -0.4 is 20.1 Å². The Kier molecular flexibility index (Phi) is 10.1. The number of nitrogens with one attached hydrogen (secondary N) is 2. The third kappa shape index (κ3) is 10.7.